The first kappa shape index (κ1) is 20.4. The van der Waals surface area contributed by atoms with E-state index in [0.717, 1.165) is 11.1 Å². The van der Waals surface area contributed by atoms with Crippen LogP contribution in [0.5, 0.6) is 0 Å². The lowest BCUT2D eigenvalue weighted by atomic mass is 9.80. The third-order valence-corrected chi connectivity index (χ3v) is 9.54. The predicted molar refractivity (Wildman–Crippen MR) is 127 cm³/mol. The number of hydrogen-bond acceptors (Lipinski definition) is 1. The quantitative estimate of drug-likeness (QED) is 0.346. The van der Waals surface area contributed by atoms with Gasteiger partial charge in [0.1, 0.15) is 11.2 Å². The Bertz CT molecular complexity index is 1090. The van der Waals surface area contributed by atoms with Crippen molar-refractivity contribution in [2.24, 2.45) is 11.8 Å². The minimum Gasteiger partial charge on any atom is -0.352 e. The molecule has 3 fully saturated rings. The van der Waals surface area contributed by atoms with E-state index in [4.69, 9.17) is 51.1 Å². The van der Waals surface area contributed by atoms with Crippen molar-refractivity contribution < 1.29 is 4.74 Å². The van der Waals surface area contributed by atoms with Gasteiger partial charge in [0.2, 0.25) is 0 Å². The first-order chi connectivity index (χ1) is 14.8. The molecule has 6 rings (SSSR count). The molecular weight excluding hydrogens is 470 g/mol. The average molecular weight is 490 g/mol. The molecule has 1 unspecified atom stereocenters. The smallest absolute Gasteiger partial charge is 0.158 e. The zero-order valence-electron chi connectivity index (χ0n) is 16.7. The Balaban J connectivity index is 1.62. The van der Waals surface area contributed by atoms with Gasteiger partial charge in [-0.25, -0.2) is 0 Å². The first-order valence-electron chi connectivity index (χ1n) is 10.4. The molecule has 1 heterocycles. The summed E-state index contributed by atoms with van der Waals surface area (Å²) in [5.41, 5.74) is 2.45. The van der Waals surface area contributed by atoms with E-state index in [-0.39, 0.29) is 17.8 Å². The van der Waals surface area contributed by atoms with E-state index in [9.17, 15) is 0 Å². The second kappa shape index (κ2) is 6.43. The number of fused-ring (bicyclic) bond motifs is 2. The van der Waals surface area contributed by atoms with E-state index in [0.29, 0.717) is 0 Å². The summed E-state index contributed by atoms with van der Waals surface area (Å²) >= 11 is 28.3. The van der Waals surface area contributed by atoms with Gasteiger partial charge >= 0.3 is 0 Å². The lowest BCUT2D eigenvalue weighted by molar-refractivity contribution is -0.100. The van der Waals surface area contributed by atoms with Crippen molar-refractivity contribution >= 4 is 46.4 Å². The Morgan fingerprint density at radius 2 is 1.03 bits per heavy atom. The molecule has 0 bridgehead atoms. The van der Waals surface area contributed by atoms with Crippen LogP contribution >= 0.6 is 46.4 Å². The van der Waals surface area contributed by atoms with E-state index in [1.807, 2.05) is 72.8 Å². The summed E-state index contributed by atoms with van der Waals surface area (Å²) in [6, 6.07) is 28.3. The largest absolute Gasteiger partial charge is 0.352 e. The Labute approximate surface area is 202 Å². The summed E-state index contributed by atoms with van der Waals surface area (Å²) in [6.45, 7) is 2.11. The Morgan fingerprint density at radius 1 is 0.613 bits per heavy atom. The highest BCUT2D eigenvalue weighted by Gasteiger charge is 2.95. The van der Waals surface area contributed by atoms with Gasteiger partial charge in [0.15, 0.2) is 8.67 Å². The molecule has 31 heavy (non-hydrogen) atoms. The molecule has 5 atom stereocenters. The average Bonchev–Trinajstić information content (AvgIpc) is 3.51. The van der Waals surface area contributed by atoms with Crippen molar-refractivity contribution in [3.05, 3.63) is 107 Å². The Kier molecular flexibility index (Phi) is 4.23. The summed E-state index contributed by atoms with van der Waals surface area (Å²) in [5.74, 6) is -0.401. The zero-order valence-corrected chi connectivity index (χ0v) is 19.8. The second-order valence-corrected chi connectivity index (χ2v) is 11.7. The van der Waals surface area contributed by atoms with Gasteiger partial charge in [-0.1, -0.05) is 131 Å². The van der Waals surface area contributed by atoms with Gasteiger partial charge in [0.05, 0.1) is 0 Å². The van der Waals surface area contributed by atoms with Gasteiger partial charge in [-0.3, -0.25) is 0 Å². The SMILES string of the molecule is Cc1ccccc1C1[C@H]2C(Cl)(Cl)[C@]2(c2ccccc2)O[C@@]2(c3ccccc3)[C@@H]1C2(Cl)Cl. The van der Waals surface area contributed by atoms with Crippen LogP contribution in [-0.4, -0.2) is 8.67 Å². The summed E-state index contributed by atoms with van der Waals surface area (Å²) in [7, 11) is 0. The van der Waals surface area contributed by atoms with Crippen molar-refractivity contribution in [2.75, 3.05) is 0 Å². The van der Waals surface area contributed by atoms with Gasteiger partial charge in [-0.2, -0.15) is 0 Å². The number of hydrogen-bond donors (Lipinski definition) is 0. The van der Waals surface area contributed by atoms with E-state index in [1.165, 1.54) is 11.1 Å². The standard InChI is InChI=1S/C26H20Cl4O/c1-16-10-8-9-15-19(16)20-21-23(25(21,27)28,17-11-4-2-5-12-17)31-24(22(20)26(24,29)30)18-13-6-3-7-14-18/h2-15,20-22H,1H3/t20?,21-,22-,23-,24+/m1/s1. The molecule has 2 aliphatic carbocycles. The third kappa shape index (κ3) is 2.35. The van der Waals surface area contributed by atoms with Crippen LogP contribution in [0.3, 0.4) is 0 Å². The normalized spacial score (nSPS) is 36.2. The topological polar surface area (TPSA) is 9.23 Å². The van der Waals surface area contributed by atoms with Crippen LogP contribution in [0.25, 0.3) is 0 Å². The lowest BCUT2D eigenvalue weighted by Gasteiger charge is -2.35. The van der Waals surface area contributed by atoms with Crippen LogP contribution in [0.15, 0.2) is 84.9 Å². The van der Waals surface area contributed by atoms with Crippen LogP contribution in [0.2, 0.25) is 0 Å². The highest BCUT2D eigenvalue weighted by molar-refractivity contribution is 6.54. The molecule has 3 aromatic rings. The van der Waals surface area contributed by atoms with Crippen LogP contribution < -0.4 is 0 Å². The third-order valence-electron chi connectivity index (χ3n) is 7.47. The second-order valence-electron chi connectivity index (χ2n) is 8.89. The van der Waals surface area contributed by atoms with Crippen molar-refractivity contribution in [1.82, 2.24) is 0 Å². The number of benzene rings is 3. The summed E-state index contributed by atoms with van der Waals surface area (Å²) < 4.78 is 4.78. The number of alkyl halides is 4. The van der Waals surface area contributed by atoms with E-state index < -0.39 is 19.9 Å². The van der Waals surface area contributed by atoms with Crippen LogP contribution in [0.4, 0.5) is 0 Å². The van der Waals surface area contributed by atoms with Crippen molar-refractivity contribution in [3.63, 3.8) is 0 Å². The number of rotatable bonds is 3. The summed E-state index contributed by atoms with van der Waals surface area (Å²) in [5, 5.41) is 0. The minimum absolute atomic E-state index is 0.0552. The maximum absolute atomic E-state index is 7.08. The number of aryl methyl sites for hydroxylation is 1. The molecule has 1 aliphatic heterocycles. The fourth-order valence-electron chi connectivity index (χ4n) is 6.03. The Hall–Kier alpha value is -1.22. The lowest BCUT2D eigenvalue weighted by Crippen LogP contribution is -2.35. The van der Waals surface area contributed by atoms with E-state index >= 15 is 0 Å². The van der Waals surface area contributed by atoms with E-state index in [1.54, 1.807) is 0 Å². The molecule has 0 aromatic heterocycles. The molecule has 3 aliphatic rings. The molecule has 0 spiro atoms. The molecular formula is C26H20Cl4O. The Morgan fingerprint density at radius 3 is 1.48 bits per heavy atom. The molecule has 158 valence electrons. The first-order valence-corrected chi connectivity index (χ1v) is 11.9. The van der Waals surface area contributed by atoms with Crippen molar-refractivity contribution in [3.8, 4) is 0 Å². The van der Waals surface area contributed by atoms with Gasteiger partial charge in [0.25, 0.3) is 0 Å². The fourth-order valence-corrected chi connectivity index (χ4v) is 8.03. The van der Waals surface area contributed by atoms with Gasteiger partial charge in [-0.15, -0.1) is 0 Å². The van der Waals surface area contributed by atoms with Crippen molar-refractivity contribution in [2.45, 2.75) is 32.7 Å². The maximum atomic E-state index is 7.08. The molecule has 2 saturated carbocycles. The van der Waals surface area contributed by atoms with Gasteiger partial charge in [-0.05, 0) is 29.2 Å². The summed E-state index contributed by atoms with van der Waals surface area (Å²) in [4.78, 5) is 0. The maximum Gasteiger partial charge on any atom is 0.158 e. The monoisotopic (exact) mass is 488 g/mol. The van der Waals surface area contributed by atoms with Crippen molar-refractivity contribution in [1.29, 1.82) is 0 Å². The van der Waals surface area contributed by atoms with Crippen LogP contribution in [-0.2, 0) is 15.9 Å². The summed E-state index contributed by atoms with van der Waals surface area (Å²) in [6.07, 6.45) is 0. The highest BCUT2D eigenvalue weighted by Crippen LogP contribution is 2.89. The van der Waals surface area contributed by atoms with Gasteiger partial charge in [0, 0.05) is 17.8 Å². The molecule has 3 aromatic carbocycles. The highest BCUT2D eigenvalue weighted by atomic mass is 35.5. The predicted octanol–water partition coefficient (Wildman–Crippen LogP) is 7.51. The molecule has 5 heteroatoms. The molecule has 1 saturated heterocycles. The molecule has 0 radical (unpaired) electrons. The number of ether oxygens (including phenoxy) is 1. The molecule has 1 nitrogen and oxygen atoms in total. The number of halogens is 4. The zero-order chi connectivity index (χ0) is 21.6. The molecule has 0 amide bonds. The fraction of sp³-hybridized carbons (Fsp3) is 0.308. The minimum atomic E-state index is -1.10. The van der Waals surface area contributed by atoms with Gasteiger partial charge < -0.3 is 4.74 Å². The molecule has 0 N–H and O–H groups in total. The van der Waals surface area contributed by atoms with Crippen LogP contribution in [0, 0.1) is 18.8 Å². The van der Waals surface area contributed by atoms with Crippen LogP contribution in [0.1, 0.15) is 28.2 Å². The van der Waals surface area contributed by atoms with E-state index in [2.05, 4.69) is 19.1 Å².